The van der Waals surface area contributed by atoms with E-state index in [0.29, 0.717) is 10.7 Å². The van der Waals surface area contributed by atoms with E-state index in [2.05, 4.69) is 14.7 Å². The number of carbonyl (C=O) groups excluding carboxylic acids is 3. The van der Waals surface area contributed by atoms with E-state index in [4.69, 9.17) is 23.2 Å². The summed E-state index contributed by atoms with van der Waals surface area (Å²) in [6.07, 6.45) is 4.02. The van der Waals surface area contributed by atoms with Crippen molar-refractivity contribution in [2.45, 2.75) is 0 Å². The molecule has 1 aromatic carbocycles. The molecule has 1 fully saturated rings. The molecule has 2 amide bonds. The van der Waals surface area contributed by atoms with Crippen molar-refractivity contribution in [3.05, 3.63) is 69.3 Å². The van der Waals surface area contributed by atoms with Gasteiger partial charge in [-0.3, -0.25) is 19.5 Å². The number of nitrogens with zero attached hydrogens (tertiary/aromatic N) is 3. The monoisotopic (exact) mass is 435 g/mol. The summed E-state index contributed by atoms with van der Waals surface area (Å²) < 4.78 is 4.57. The van der Waals surface area contributed by atoms with E-state index in [1.807, 2.05) is 0 Å². The zero-order chi connectivity index (χ0) is 20.3. The van der Waals surface area contributed by atoms with Crippen molar-refractivity contribution < 1.29 is 19.1 Å². The Labute approximate surface area is 174 Å². The number of rotatable bonds is 3. The van der Waals surface area contributed by atoms with E-state index in [9.17, 15) is 14.4 Å². The van der Waals surface area contributed by atoms with Gasteiger partial charge in [0, 0.05) is 17.3 Å². The number of amides is 2. The SMILES string of the molecule is COC(=O)C=C1SC(=NC(=O)c2ccc(Cl)cc2Cl)N(c2cccnc2)C1=O. The van der Waals surface area contributed by atoms with Gasteiger partial charge in [-0.05, 0) is 42.1 Å². The van der Waals surface area contributed by atoms with Crippen LogP contribution in [-0.2, 0) is 14.3 Å². The van der Waals surface area contributed by atoms with Crippen LogP contribution in [0.15, 0.2) is 58.7 Å². The highest BCUT2D eigenvalue weighted by molar-refractivity contribution is 8.19. The number of aliphatic imine (C=N–C) groups is 1. The van der Waals surface area contributed by atoms with Gasteiger partial charge in [0.1, 0.15) is 0 Å². The number of halogens is 2. The molecule has 7 nitrogen and oxygen atoms in total. The van der Waals surface area contributed by atoms with Crippen LogP contribution in [0.2, 0.25) is 10.0 Å². The van der Waals surface area contributed by atoms with Crippen LogP contribution >= 0.6 is 35.0 Å². The third-order valence-corrected chi connectivity index (χ3v) is 5.04. The first-order valence-electron chi connectivity index (χ1n) is 7.70. The van der Waals surface area contributed by atoms with Crippen LogP contribution in [0.1, 0.15) is 10.4 Å². The average Bonchev–Trinajstić information content (AvgIpc) is 2.97. The quantitative estimate of drug-likeness (QED) is 0.538. The maximum Gasteiger partial charge on any atom is 0.331 e. The number of benzene rings is 1. The summed E-state index contributed by atoms with van der Waals surface area (Å²) in [5.41, 5.74) is 0.519. The third-order valence-electron chi connectivity index (χ3n) is 3.52. The largest absolute Gasteiger partial charge is 0.466 e. The van der Waals surface area contributed by atoms with Gasteiger partial charge in [0.25, 0.3) is 11.8 Å². The molecular formula is C18H11Cl2N3O4S. The summed E-state index contributed by atoms with van der Waals surface area (Å²) in [6, 6.07) is 7.63. The Balaban J connectivity index is 2.03. The van der Waals surface area contributed by atoms with Crippen LogP contribution in [0, 0.1) is 0 Å². The number of pyridine rings is 1. The van der Waals surface area contributed by atoms with Gasteiger partial charge in [-0.1, -0.05) is 23.2 Å². The maximum absolute atomic E-state index is 12.8. The Hall–Kier alpha value is -2.68. The van der Waals surface area contributed by atoms with E-state index in [-0.39, 0.29) is 20.7 Å². The van der Waals surface area contributed by atoms with Crippen molar-refractivity contribution in [1.82, 2.24) is 4.98 Å². The normalized spacial score (nSPS) is 16.7. The van der Waals surface area contributed by atoms with E-state index >= 15 is 0 Å². The molecule has 0 radical (unpaired) electrons. The lowest BCUT2D eigenvalue weighted by Crippen LogP contribution is -2.29. The van der Waals surface area contributed by atoms with Crippen molar-refractivity contribution in [3.8, 4) is 0 Å². The molecule has 0 unspecified atom stereocenters. The number of ether oxygens (including phenoxy) is 1. The number of hydrogen-bond donors (Lipinski definition) is 0. The summed E-state index contributed by atoms with van der Waals surface area (Å²) in [4.78, 5) is 46.2. The van der Waals surface area contributed by atoms with Crippen molar-refractivity contribution >= 4 is 63.6 Å². The first-order chi connectivity index (χ1) is 13.4. The summed E-state index contributed by atoms with van der Waals surface area (Å²) >= 11 is 12.8. The molecule has 3 rings (SSSR count). The first kappa shape index (κ1) is 20.1. The standard InChI is InChI=1S/C18H11Cl2N3O4S/c1-27-15(24)8-14-17(26)23(11-3-2-6-21-9-11)18(28-14)22-16(25)12-5-4-10(19)7-13(12)20/h2-9H,1H3. The fourth-order valence-corrected chi connectivity index (χ4v) is 3.67. The molecule has 1 aromatic heterocycles. The first-order valence-corrected chi connectivity index (χ1v) is 9.28. The number of methoxy groups -OCH3 is 1. The molecular weight excluding hydrogens is 425 g/mol. The molecule has 0 atom stereocenters. The summed E-state index contributed by atoms with van der Waals surface area (Å²) in [6.45, 7) is 0. The Morgan fingerprint density at radius 2 is 2.07 bits per heavy atom. The van der Waals surface area contributed by atoms with Crippen molar-refractivity contribution in [2.24, 2.45) is 4.99 Å². The highest BCUT2D eigenvalue weighted by Crippen LogP contribution is 2.35. The smallest absolute Gasteiger partial charge is 0.331 e. The fourth-order valence-electron chi connectivity index (χ4n) is 2.24. The van der Waals surface area contributed by atoms with Gasteiger partial charge in [-0.25, -0.2) is 4.79 Å². The van der Waals surface area contributed by atoms with Gasteiger partial charge in [0.05, 0.1) is 34.5 Å². The lowest BCUT2D eigenvalue weighted by Gasteiger charge is -2.14. The van der Waals surface area contributed by atoms with Gasteiger partial charge < -0.3 is 4.74 Å². The highest BCUT2D eigenvalue weighted by Gasteiger charge is 2.36. The van der Waals surface area contributed by atoms with Crippen LogP contribution in [0.5, 0.6) is 0 Å². The summed E-state index contributed by atoms with van der Waals surface area (Å²) in [5, 5.41) is 0.568. The molecule has 0 aliphatic carbocycles. The Kier molecular flexibility index (Phi) is 6.13. The second-order valence-electron chi connectivity index (χ2n) is 5.31. The van der Waals surface area contributed by atoms with Crippen LogP contribution in [0.4, 0.5) is 5.69 Å². The minimum absolute atomic E-state index is 0.0594. The van der Waals surface area contributed by atoms with Crippen LogP contribution in [-0.4, -0.2) is 35.0 Å². The molecule has 0 spiro atoms. The third kappa shape index (κ3) is 4.24. The lowest BCUT2D eigenvalue weighted by molar-refractivity contribution is -0.135. The molecule has 1 aliphatic rings. The molecule has 1 aliphatic heterocycles. The molecule has 142 valence electrons. The highest BCUT2D eigenvalue weighted by atomic mass is 35.5. The Morgan fingerprint density at radius 3 is 2.71 bits per heavy atom. The fraction of sp³-hybridized carbons (Fsp3) is 0.0556. The minimum atomic E-state index is -0.699. The number of aromatic nitrogens is 1. The Bertz CT molecular complexity index is 1020. The maximum atomic E-state index is 12.8. The molecule has 0 saturated carbocycles. The molecule has 10 heteroatoms. The second-order valence-corrected chi connectivity index (χ2v) is 7.16. The number of anilines is 1. The molecule has 2 aromatic rings. The van der Waals surface area contributed by atoms with Crippen molar-refractivity contribution in [2.75, 3.05) is 12.0 Å². The van der Waals surface area contributed by atoms with E-state index in [1.54, 1.807) is 12.1 Å². The van der Waals surface area contributed by atoms with Gasteiger partial charge in [-0.2, -0.15) is 4.99 Å². The van der Waals surface area contributed by atoms with Crippen LogP contribution in [0.25, 0.3) is 0 Å². The lowest BCUT2D eigenvalue weighted by atomic mass is 10.2. The van der Waals surface area contributed by atoms with Crippen LogP contribution < -0.4 is 4.90 Å². The molecule has 28 heavy (non-hydrogen) atoms. The predicted octanol–water partition coefficient (Wildman–Crippen LogP) is 3.72. The summed E-state index contributed by atoms with van der Waals surface area (Å²) in [5.74, 6) is -1.89. The van der Waals surface area contributed by atoms with Gasteiger partial charge in [0.2, 0.25) is 0 Å². The van der Waals surface area contributed by atoms with Gasteiger partial charge >= 0.3 is 5.97 Å². The number of carbonyl (C=O) groups is 3. The Morgan fingerprint density at radius 1 is 1.29 bits per heavy atom. The zero-order valence-electron chi connectivity index (χ0n) is 14.3. The number of amidine groups is 1. The van der Waals surface area contributed by atoms with Crippen molar-refractivity contribution in [3.63, 3.8) is 0 Å². The predicted molar refractivity (Wildman–Crippen MR) is 108 cm³/mol. The van der Waals surface area contributed by atoms with Gasteiger partial charge in [0.15, 0.2) is 5.17 Å². The zero-order valence-corrected chi connectivity index (χ0v) is 16.6. The molecule has 0 bridgehead atoms. The average molecular weight is 436 g/mol. The molecule has 1 saturated heterocycles. The van der Waals surface area contributed by atoms with E-state index < -0.39 is 17.8 Å². The number of thioether (sulfide) groups is 1. The summed E-state index contributed by atoms with van der Waals surface area (Å²) in [7, 11) is 1.20. The van der Waals surface area contributed by atoms with E-state index in [0.717, 1.165) is 17.8 Å². The van der Waals surface area contributed by atoms with Crippen LogP contribution in [0.3, 0.4) is 0 Å². The van der Waals surface area contributed by atoms with Crippen molar-refractivity contribution in [1.29, 1.82) is 0 Å². The minimum Gasteiger partial charge on any atom is -0.466 e. The topological polar surface area (TPSA) is 88.9 Å². The number of hydrogen-bond acceptors (Lipinski definition) is 6. The van der Waals surface area contributed by atoms with Gasteiger partial charge in [-0.15, -0.1) is 0 Å². The molecule has 2 heterocycles. The number of esters is 1. The van der Waals surface area contributed by atoms with E-state index in [1.165, 1.54) is 42.6 Å². The molecule has 0 N–H and O–H groups in total. The second kappa shape index (κ2) is 8.55.